The molecular formula is C24H27N5O2. The SMILES string of the molecule is O=C(NC(C(=O)NC1Cc2ccccc2C1)C1CCNCC1)c1n[nH]c2ccccc12. The molecule has 3 aromatic rings. The highest BCUT2D eigenvalue weighted by Gasteiger charge is 2.34. The van der Waals surface area contributed by atoms with Crippen molar-refractivity contribution in [3.8, 4) is 0 Å². The minimum Gasteiger partial charge on any atom is -0.351 e. The van der Waals surface area contributed by atoms with Crippen molar-refractivity contribution in [1.29, 1.82) is 0 Å². The van der Waals surface area contributed by atoms with Crippen LogP contribution in [0.3, 0.4) is 0 Å². The van der Waals surface area contributed by atoms with Crippen LogP contribution in [0, 0.1) is 5.92 Å². The van der Waals surface area contributed by atoms with E-state index in [0.29, 0.717) is 5.69 Å². The van der Waals surface area contributed by atoms with Crippen molar-refractivity contribution in [3.05, 3.63) is 65.4 Å². The molecule has 1 fully saturated rings. The van der Waals surface area contributed by atoms with E-state index in [9.17, 15) is 9.59 Å². The van der Waals surface area contributed by atoms with Gasteiger partial charge in [0, 0.05) is 11.4 Å². The first-order valence-electron chi connectivity index (χ1n) is 11.0. The van der Waals surface area contributed by atoms with Gasteiger partial charge in [-0.05, 0) is 61.9 Å². The molecule has 2 amide bonds. The Hall–Kier alpha value is -3.19. The van der Waals surface area contributed by atoms with Gasteiger partial charge in [0.15, 0.2) is 5.69 Å². The van der Waals surface area contributed by atoms with Crippen molar-refractivity contribution >= 4 is 22.7 Å². The molecular weight excluding hydrogens is 390 g/mol. The third kappa shape index (κ3) is 4.05. The zero-order valence-corrected chi connectivity index (χ0v) is 17.4. The molecule has 0 saturated carbocycles. The topological polar surface area (TPSA) is 98.9 Å². The summed E-state index contributed by atoms with van der Waals surface area (Å²) >= 11 is 0. The van der Waals surface area contributed by atoms with E-state index < -0.39 is 6.04 Å². The summed E-state index contributed by atoms with van der Waals surface area (Å²) in [5.74, 6) is -0.317. The molecule has 1 unspecified atom stereocenters. The molecule has 0 radical (unpaired) electrons. The van der Waals surface area contributed by atoms with Crippen LogP contribution in [-0.4, -0.2) is 47.2 Å². The van der Waals surface area contributed by atoms with Gasteiger partial charge in [0.2, 0.25) is 5.91 Å². The normalized spacial score (nSPS) is 17.9. The van der Waals surface area contributed by atoms with E-state index in [-0.39, 0.29) is 23.8 Å². The average Bonchev–Trinajstić information content (AvgIpc) is 3.41. The maximum Gasteiger partial charge on any atom is 0.273 e. The second-order valence-electron chi connectivity index (χ2n) is 8.54. The number of hydrogen-bond acceptors (Lipinski definition) is 4. The number of benzene rings is 2. The first kappa shape index (κ1) is 19.8. The van der Waals surface area contributed by atoms with E-state index in [2.05, 4.69) is 38.3 Å². The zero-order chi connectivity index (χ0) is 21.2. The Morgan fingerprint density at radius 1 is 0.968 bits per heavy atom. The number of carbonyl (C=O) groups is 2. The Labute approximate surface area is 181 Å². The van der Waals surface area contributed by atoms with Crippen LogP contribution in [0.25, 0.3) is 10.9 Å². The molecule has 0 spiro atoms. The summed E-state index contributed by atoms with van der Waals surface area (Å²) in [4.78, 5) is 26.4. The lowest BCUT2D eigenvalue weighted by molar-refractivity contribution is -0.125. The number of nitrogens with one attached hydrogen (secondary N) is 4. The van der Waals surface area contributed by atoms with Gasteiger partial charge < -0.3 is 16.0 Å². The smallest absolute Gasteiger partial charge is 0.273 e. The number of piperidine rings is 1. The molecule has 1 saturated heterocycles. The molecule has 1 aliphatic heterocycles. The third-order valence-electron chi connectivity index (χ3n) is 6.51. The van der Waals surface area contributed by atoms with E-state index in [0.717, 1.165) is 49.7 Å². The van der Waals surface area contributed by atoms with Crippen molar-refractivity contribution in [3.63, 3.8) is 0 Å². The number of rotatable bonds is 5. The molecule has 1 aliphatic carbocycles. The number of aromatic amines is 1. The number of para-hydroxylation sites is 1. The number of hydrogen-bond donors (Lipinski definition) is 4. The van der Waals surface area contributed by atoms with Crippen LogP contribution in [0.15, 0.2) is 48.5 Å². The fourth-order valence-corrected chi connectivity index (χ4v) is 4.87. The number of amides is 2. The summed E-state index contributed by atoms with van der Waals surface area (Å²) in [5.41, 5.74) is 3.71. The minimum atomic E-state index is -0.575. The monoisotopic (exact) mass is 417 g/mol. The molecule has 7 heteroatoms. The molecule has 1 aromatic heterocycles. The van der Waals surface area contributed by atoms with E-state index in [4.69, 9.17) is 0 Å². The van der Waals surface area contributed by atoms with E-state index in [1.165, 1.54) is 11.1 Å². The van der Waals surface area contributed by atoms with Crippen molar-refractivity contribution in [2.24, 2.45) is 5.92 Å². The Morgan fingerprint density at radius 3 is 2.39 bits per heavy atom. The van der Waals surface area contributed by atoms with Crippen LogP contribution >= 0.6 is 0 Å². The van der Waals surface area contributed by atoms with Gasteiger partial charge in [-0.2, -0.15) is 5.10 Å². The molecule has 7 nitrogen and oxygen atoms in total. The Morgan fingerprint density at radius 2 is 1.65 bits per heavy atom. The Kier molecular flexibility index (Phi) is 5.42. The maximum atomic E-state index is 13.3. The van der Waals surface area contributed by atoms with Crippen molar-refractivity contribution in [1.82, 2.24) is 26.1 Å². The lowest BCUT2D eigenvalue weighted by Crippen LogP contribution is -2.55. The fourth-order valence-electron chi connectivity index (χ4n) is 4.87. The van der Waals surface area contributed by atoms with Crippen molar-refractivity contribution < 1.29 is 9.59 Å². The molecule has 2 heterocycles. The second kappa shape index (κ2) is 8.51. The first-order chi connectivity index (χ1) is 15.2. The van der Waals surface area contributed by atoms with Gasteiger partial charge in [-0.15, -0.1) is 0 Å². The average molecular weight is 418 g/mol. The van der Waals surface area contributed by atoms with Gasteiger partial charge in [-0.1, -0.05) is 42.5 Å². The van der Waals surface area contributed by atoms with Crippen LogP contribution < -0.4 is 16.0 Å². The molecule has 1 atom stereocenters. The Bertz CT molecular complexity index is 1080. The molecule has 2 aliphatic rings. The minimum absolute atomic E-state index is 0.0669. The molecule has 4 N–H and O–H groups in total. The van der Waals surface area contributed by atoms with Crippen LogP contribution in [-0.2, 0) is 17.6 Å². The second-order valence-corrected chi connectivity index (χ2v) is 8.54. The van der Waals surface area contributed by atoms with Gasteiger partial charge >= 0.3 is 0 Å². The Balaban J connectivity index is 1.33. The lowest BCUT2D eigenvalue weighted by Gasteiger charge is -2.31. The van der Waals surface area contributed by atoms with Gasteiger partial charge in [0.25, 0.3) is 5.91 Å². The molecule has 160 valence electrons. The quantitative estimate of drug-likeness (QED) is 0.510. The van der Waals surface area contributed by atoms with E-state index >= 15 is 0 Å². The highest BCUT2D eigenvalue weighted by molar-refractivity contribution is 6.06. The van der Waals surface area contributed by atoms with Gasteiger partial charge in [0.1, 0.15) is 6.04 Å². The van der Waals surface area contributed by atoms with E-state index in [1.807, 2.05) is 36.4 Å². The number of nitrogens with zero attached hydrogens (tertiary/aromatic N) is 1. The molecule has 0 bridgehead atoms. The highest BCUT2D eigenvalue weighted by Crippen LogP contribution is 2.23. The molecule has 31 heavy (non-hydrogen) atoms. The van der Waals surface area contributed by atoms with Gasteiger partial charge in [-0.25, -0.2) is 0 Å². The lowest BCUT2D eigenvalue weighted by atomic mass is 9.89. The summed E-state index contributed by atoms with van der Waals surface area (Å²) in [6, 6.07) is 15.3. The maximum absolute atomic E-state index is 13.3. The number of H-pyrrole nitrogens is 1. The first-order valence-corrected chi connectivity index (χ1v) is 11.0. The van der Waals surface area contributed by atoms with Gasteiger partial charge in [-0.3, -0.25) is 14.7 Å². The third-order valence-corrected chi connectivity index (χ3v) is 6.51. The number of carbonyl (C=O) groups excluding carboxylic acids is 2. The largest absolute Gasteiger partial charge is 0.351 e. The number of fused-ring (bicyclic) bond motifs is 2. The number of aromatic nitrogens is 2. The standard InChI is InChI=1S/C24H27N5O2/c30-23(26-18-13-16-5-1-2-6-17(16)14-18)21(15-9-11-25-12-10-15)27-24(31)22-19-7-3-4-8-20(19)28-29-22/h1-8,15,18,21,25H,9-14H2,(H,26,30)(H,27,31)(H,28,29). The van der Waals surface area contributed by atoms with Crippen LogP contribution in [0.2, 0.25) is 0 Å². The van der Waals surface area contributed by atoms with Crippen LogP contribution in [0.5, 0.6) is 0 Å². The molecule has 5 rings (SSSR count). The summed E-state index contributed by atoms with van der Waals surface area (Å²) in [6.45, 7) is 1.70. The van der Waals surface area contributed by atoms with Gasteiger partial charge in [0.05, 0.1) is 5.52 Å². The zero-order valence-electron chi connectivity index (χ0n) is 17.4. The van der Waals surface area contributed by atoms with E-state index in [1.54, 1.807) is 0 Å². The van der Waals surface area contributed by atoms with Crippen molar-refractivity contribution in [2.45, 2.75) is 37.8 Å². The summed E-state index contributed by atoms with van der Waals surface area (Å²) in [5, 5.41) is 17.4. The summed E-state index contributed by atoms with van der Waals surface area (Å²) in [7, 11) is 0. The summed E-state index contributed by atoms with van der Waals surface area (Å²) in [6.07, 6.45) is 3.37. The predicted octanol–water partition coefficient (Wildman–Crippen LogP) is 1.94. The highest BCUT2D eigenvalue weighted by atomic mass is 16.2. The summed E-state index contributed by atoms with van der Waals surface area (Å²) < 4.78 is 0. The van der Waals surface area contributed by atoms with Crippen LogP contribution in [0.4, 0.5) is 0 Å². The molecule has 2 aromatic carbocycles. The van der Waals surface area contributed by atoms with Crippen LogP contribution in [0.1, 0.15) is 34.5 Å². The van der Waals surface area contributed by atoms with Crippen molar-refractivity contribution in [2.75, 3.05) is 13.1 Å². The fraction of sp³-hybridized carbons (Fsp3) is 0.375. The predicted molar refractivity (Wildman–Crippen MR) is 119 cm³/mol.